The van der Waals surface area contributed by atoms with E-state index in [9.17, 15) is 8.78 Å². The fraction of sp³-hybridized carbons (Fsp3) is 0.111. The van der Waals surface area contributed by atoms with E-state index in [0.29, 0.717) is 10.4 Å². The summed E-state index contributed by atoms with van der Waals surface area (Å²) in [5, 5.41) is 6.98. The zero-order valence-corrected chi connectivity index (χ0v) is 9.03. The van der Waals surface area contributed by atoms with Crippen LogP contribution in [-0.4, -0.2) is 15.0 Å². The molecule has 0 saturated heterocycles. The summed E-state index contributed by atoms with van der Waals surface area (Å²) in [7, 11) is 0. The average molecular weight is 274 g/mol. The maximum Gasteiger partial charge on any atom is 0.334 e. The van der Waals surface area contributed by atoms with Gasteiger partial charge < -0.3 is 0 Å². The Morgan fingerprint density at radius 1 is 1.33 bits per heavy atom. The van der Waals surface area contributed by atoms with Gasteiger partial charge in [-0.25, -0.2) is 0 Å². The van der Waals surface area contributed by atoms with E-state index in [1.54, 1.807) is 18.2 Å². The Kier molecular flexibility index (Phi) is 2.77. The number of halogens is 3. The Labute approximate surface area is 92.8 Å². The van der Waals surface area contributed by atoms with Crippen LogP contribution in [-0.2, 0) is 0 Å². The summed E-state index contributed by atoms with van der Waals surface area (Å²) >= 11 is 3.29. The molecule has 0 spiro atoms. The second-order valence-electron chi connectivity index (χ2n) is 2.87. The molecule has 0 fully saturated rings. The monoisotopic (exact) mass is 273 g/mol. The van der Waals surface area contributed by atoms with Gasteiger partial charge >= 0.3 is 6.55 Å². The lowest BCUT2D eigenvalue weighted by atomic mass is 10.2. The van der Waals surface area contributed by atoms with Gasteiger partial charge in [0.25, 0.3) is 0 Å². The minimum atomic E-state index is -2.65. The van der Waals surface area contributed by atoms with Crippen LogP contribution < -0.4 is 0 Å². The van der Waals surface area contributed by atoms with Crippen LogP contribution in [0.4, 0.5) is 8.78 Å². The minimum Gasteiger partial charge on any atom is -0.191 e. The number of benzene rings is 1. The van der Waals surface area contributed by atoms with E-state index < -0.39 is 6.55 Å². The summed E-state index contributed by atoms with van der Waals surface area (Å²) < 4.78 is 25.8. The topological polar surface area (TPSA) is 30.7 Å². The maximum absolute atomic E-state index is 12.2. The smallest absolute Gasteiger partial charge is 0.191 e. The summed E-state index contributed by atoms with van der Waals surface area (Å²) in [5.74, 6) is 0. The molecular formula is C9H6BrF2N3. The summed E-state index contributed by atoms with van der Waals surface area (Å²) in [6.07, 6.45) is 1.21. The minimum absolute atomic E-state index is 0.427. The first kappa shape index (κ1) is 10.2. The molecule has 6 heteroatoms. The molecule has 0 atom stereocenters. The highest BCUT2D eigenvalue weighted by Gasteiger charge is 2.09. The van der Waals surface area contributed by atoms with Crippen LogP contribution in [0, 0.1) is 0 Å². The number of hydrogen-bond donors (Lipinski definition) is 0. The standard InChI is InChI=1S/C9H6BrF2N3/c10-7-3-1-2-6(4-7)8-5-15(9(11)12)14-13-8/h1-5,9H. The van der Waals surface area contributed by atoms with Crippen LogP contribution in [0.25, 0.3) is 11.3 Å². The van der Waals surface area contributed by atoms with E-state index in [2.05, 4.69) is 26.2 Å². The molecule has 0 saturated carbocycles. The first-order valence-electron chi connectivity index (χ1n) is 4.13. The van der Waals surface area contributed by atoms with Crippen molar-refractivity contribution in [2.24, 2.45) is 0 Å². The second-order valence-corrected chi connectivity index (χ2v) is 3.79. The van der Waals surface area contributed by atoms with E-state index in [0.717, 1.165) is 10.0 Å². The van der Waals surface area contributed by atoms with Crippen LogP contribution in [0.5, 0.6) is 0 Å². The molecule has 78 valence electrons. The number of alkyl halides is 2. The molecule has 0 N–H and O–H groups in total. The average Bonchev–Trinajstić information content (AvgIpc) is 2.66. The van der Waals surface area contributed by atoms with E-state index in [-0.39, 0.29) is 0 Å². The zero-order valence-electron chi connectivity index (χ0n) is 7.44. The molecule has 1 heterocycles. The summed E-state index contributed by atoms with van der Waals surface area (Å²) in [5.41, 5.74) is 1.17. The van der Waals surface area contributed by atoms with Gasteiger partial charge in [0.1, 0.15) is 5.69 Å². The van der Waals surface area contributed by atoms with Gasteiger partial charge in [0.05, 0.1) is 6.20 Å². The molecule has 1 aromatic heterocycles. The van der Waals surface area contributed by atoms with Crippen molar-refractivity contribution < 1.29 is 8.78 Å². The van der Waals surface area contributed by atoms with Crippen LogP contribution in [0.1, 0.15) is 6.55 Å². The summed E-state index contributed by atoms with van der Waals surface area (Å²) in [6.45, 7) is -2.65. The van der Waals surface area contributed by atoms with E-state index >= 15 is 0 Å². The Hall–Kier alpha value is -1.30. The molecule has 15 heavy (non-hydrogen) atoms. The fourth-order valence-electron chi connectivity index (χ4n) is 1.15. The largest absolute Gasteiger partial charge is 0.334 e. The van der Waals surface area contributed by atoms with Gasteiger partial charge in [-0.2, -0.15) is 13.5 Å². The highest BCUT2D eigenvalue weighted by molar-refractivity contribution is 9.10. The molecular weight excluding hydrogens is 268 g/mol. The van der Waals surface area contributed by atoms with Crippen LogP contribution in [0.2, 0.25) is 0 Å². The van der Waals surface area contributed by atoms with Crippen molar-refractivity contribution in [3.8, 4) is 11.3 Å². The molecule has 0 radical (unpaired) electrons. The van der Waals surface area contributed by atoms with Crippen molar-refractivity contribution in [2.75, 3.05) is 0 Å². The van der Waals surface area contributed by atoms with Gasteiger partial charge in [-0.05, 0) is 12.1 Å². The van der Waals surface area contributed by atoms with Gasteiger partial charge in [-0.3, -0.25) is 0 Å². The van der Waals surface area contributed by atoms with Crippen molar-refractivity contribution in [2.45, 2.75) is 6.55 Å². The maximum atomic E-state index is 12.2. The van der Waals surface area contributed by atoms with Crippen molar-refractivity contribution >= 4 is 15.9 Å². The van der Waals surface area contributed by atoms with Gasteiger partial charge in [-0.1, -0.05) is 33.3 Å². The fourth-order valence-corrected chi connectivity index (χ4v) is 1.55. The normalized spacial score (nSPS) is 10.9. The van der Waals surface area contributed by atoms with Gasteiger partial charge in [0, 0.05) is 10.0 Å². The van der Waals surface area contributed by atoms with E-state index in [1.807, 2.05) is 6.07 Å². The summed E-state index contributed by atoms with van der Waals surface area (Å²) in [6, 6.07) is 7.23. The number of nitrogens with zero attached hydrogens (tertiary/aromatic N) is 3. The third-order valence-corrected chi connectivity index (χ3v) is 2.32. The lowest BCUT2D eigenvalue weighted by Crippen LogP contribution is -1.97. The van der Waals surface area contributed by atoms with Crippen LogP contribution in [0.15, 0.2) is 34.9 Å². The molecule has 3 nitrogen and oxygen atoms in total. The molecule has 2 aromatic rings. The molecule has 0 bridgehead atoms. The number of rotatable bonds is 2. The first-order chi connectivity index (χ1) is 7.16. The third kappa shape index (κ3) is 2.20. The van der Waals surface area contributed by atoms with Crippen molar-refractivity contribution in [1.29, 1.82) is 0 Å². The Balaban J connectivity index is 2.37. The molecule has 0 aliphatic carbocycles. The van der Waals surface area contributed by atoms with E-state index in [4.69, 9.17) is 0 Å². The quantitative estimate of drug-likeness (QED) is 0.842. The first-order valence-corrected chi connectivity index (χ1v) is 4.92. The van der Waals surface area contributed by atoms with Gasteiger partial charge in [-0.15, -0.1) is 5.10 Å². The van der Waals surface area contributed by atoms with Gasteiger partial charge in [0.15, 0.2) is 0 Å². The molecule has 0 aliphatic rings. The van der Waals surface area contributed by atoms with Crippen molar-refractivity contribution in [3.05, 3.63) is 34.9 Å². The highest BCUT2D eigenvalue weighted by Crippen LogP contribution is 2.21. The van der Waals surface area contributed by atoms with Crippen molar-refractivity contribution in [3.63, 3.8) is 0 Å². The Morgan fingerprint density at radius 3 is 2.73 bits per heavy atom. The number of aromatic nitrogens is 3. The van der Waals surface area contributed by atoms with E-state index in [1.165, 1.54) is 6.20 Å². The zero-order chi connectivity index (χ0) is 10.8. The lowest BCUT2D eigenvalue weighted by Gasteiger charge is -1.96. The van der Waals surface area contributed by atoms with Gasteiger partial charge in [0.2, 0.25) is 0 Å². The molecule has 1 aromatic carbocycles. The highest BCUT2D eigenvalue weighted by atomic mass is 79.9. The summed E-state index contributed by atoms with van der Waals surface area (Å²) in [4.78, 5) is 0. The SMILES string of the molecule is FC(F)n1cc(-c2cccc(Br)c2)nn1. The predicted octanol–water partition coefficient (Wildman–Crippen LogP) is 3.10. The Bertz CT molecular complexity index is 470. The molecule has 2 rings (SSSR count). The molecule has 0 aliphatic heterocycles. The predicted molar refractivity (Wildman–Crippen MR) is 54.4 cm³/mol. The van der Waals surface area contributed by atoms with Crippen LogP contribution in [0.3, 0.4) is 0 Å². The second kappa shape index (κ2) is 4.06. The van der Waals surface area contributed by atoms with Crippen molar-refractivity contribution in [1.82, 2.24) is 15.0 Å². The van der Waals surface area contributed by atoms with Crippen LogP contribution >= 0.6 is 15.9 Å². The number of hydrogen-bond acceptors (Lipinski definition) is 2. The third-order valence-electron chi connectivity index (χ3n) is 1.83. The lowest BCUT2D eigenvalue weighted by molar-refractivity contribution is 0.0546. The molecule has 0 amide bonds. The molecule has 0 unspecified atom stereocenters. The Morgan fingerprint density at radius 2 is 2.13 bits per heavy atom.